The average molecular weight is 372 g/mol. The molecule has 0 radical (unpaired) electrons. The number of aromatic nitrogens is 1. The summed E-state index contributed by atoms with van der Waals surface area (Å²) in [5.41, 5.74) is -0.236. The molecule has 0 bridgehead atoms. The number of carbonyl (C=O) groups is 1. The number of phenols is 1. The summed E-state index contributed by atoms with van der Waals surface area (Å²) in [5, 5.41) is 32.1. The zero-order chi connectivity index (χ0) is 20.1. The van der Waals surface area contributed by atoms with Gasteiger partial charge in [0.2, 0.25) is 5.91 Å². The van der Waals surface area contributed by atoms with Gasteiger partial charge in [-0.3, -0.25) is 19.7 Å². The van der Waals surface area contributed by atoms with Crippen LogP contribution in [0.25, 0.3) is 0 Å². The van der Waals surface area contributed by atoms with E-state index < -0.39 is 28.7 Å². The molecule has 140 valence electrons. The van der Waals surface area contributed by atoms with Crippen LogP contribution in [0.4, 0.5) is 11.4 Å². The van der Waals surface area contributed by atoms with Crippen molar-refractivity contribution in [1.82, 2.24) is 4.57 Å². The van der Waals surface area contributed by atoms with Gasteiger partial charge >= 0.3 is 0 Å². The summed E-state index contributed by atoms with van der Waals surface area (Å²) in [4.78, 5) is 34.7. The maximum absolute atomic E-state index is 12.5. The second-order valence-corrected chi connectivity index (χ2v) is 5.63. The highest BCUT2D eigenvalue weighted by atomic mass is 16.6. The van der Waals surface area contributed by atoms with Crippen LogP contribution in [0.1, 0.15) is 16.8 Å². The number of amides is 1. The van der Waals surface area contributed by atoms with Crippen LogP contribution in [0, 0.1) is 28.4 Å². The van der Waals surface area contributed by atoms with Gasteiger partial charge in [-0.05, 0) is 19.1 Å². The Morgan fingerprint density at radius 1 is 1.44 bits per heavy atom. The Balaban J connectivity index is 2.27. The lowest BCUT2D eigenvalue weighted by atomic mass is 10.1. The molecule has 10 nitrogen and oxygen atoms in total. The second kappa shape index (κ2) is 8.11. The number of nitro benzene ring substituents is 1. The number of aryl methyl sites for hydroxylation is 1. The Morgan fingerprint density at radius 2 is 2.15 bits per heavy atom. The van der Waals surface area contributed by atoms with E-state index in [0.29, 0.717) is 11.3 Å². The number of aromatic hydroxyl groups is 1. The number of nitriles is 1. The van der Waals surface area contributed by atoms with Gasteiger partial charge in [-0.1, -0.05) is 0 Å². The first-order valence-electron chi connectivity index (χ1n) is 7.68. The molecule has 0 aliphatic rings. The standard InChI is InChI=1S/C17H16N4O6/c1-10-5-11(9-27-2)13(7-18)17(24)20(10)8-16(23)19-14-4-3-12(21(25)26)6-15(14)22/h3-6,22H,8-9H2,1-2H3,(H,19,23). The summed E-state index contributed by atoms with van der Waals surface area (Å²) in [7, 11) is 1.44. The molecule has 0 saturated heterocycles. The monoisotopic (exact) mass is 372 g/mol. The van der Waals surface area contributed by atoms with E-state index in [1.807, 2.05) is 6.07 Å². The minimum atomic E-state index is -0.681. The topological polar surface area (TPSA) is 147 Å². The molecule has 10 heteroatoms. The summed E-state index contributed by atoms with van der Waals surface area (Å²) >= 11 is 0. The second-order valence-electron chi connectivity index (χ2n) is 5.63. The largest absolute Gasteiger partial charge is 0.506 e. The van der Waals surface area contributed by atoms with Crippen LogP contribution in [0.2, 0.25) is 0 Å². The lowest BCUT2D eigenvalue weighted by Gasteiger charge is -2.13. The molecule has 1 heterocycles. The lowest BCUT2D eigenvalue weighted by Crippen LogP contribution is -2.31. The molecule has 0 aliphatic carbocycles. The van der Waals surface area contributed by atoms with Gasteiger partial charge in [-0.25, -0.2) is 0 Å². The first-order chi connectivity index (χ1) is 12.8. The van der Waals surface area contributed by atoms with Crippen LogP contribution < -0.4 is 10.9 Å². The molecule has 1 aromatic carbocycles. The number of anilines is 1. The number of pyridine rings is 1. The van der Waals surface area contributed by atoms with E-state index in [2.05, 4.69) is 5.32 Å². The molecule has 0 aliphatic heterocycles. The predicted molar refractivity (Wildman–Crippen MR) is 94.3 cm³/mol. The van der Waals surface area contributed by atoms with E-state index in [4.69, 9.17) is 4.74 Å². The van der Waals surface area contributed by atoms with Gasteiger partial charge < -0.3 is 19.7 Å². The van der Waals surface area contributed by atoms with Crippen LogP contribution in [0.5, 0.6) is 5.75 Å². The minimum Gasteiger partial charge on any atom is -0.506 e. The number of hydrogen-bond acceptors (Lipinski definition) is 7. The fraction of sp³-hybridized carbons (Fsp3) is 0.235. The number of nitrogens with one attached hydrogen (secondary N) is 1. The number of non-ortho nitro benzene ring substituents is 1. The third-order valence-corrected chi connectivity index (χ3v) is 3.77. The van der Waals surface area contributed by atoms with E-state index >= 15 is 0 Å². The van der Waals surface area contributed by atoms with Crippen molar-refractivity contribution in [3.05, 3.63) is 61.6 Å². The van der Waals surface area contributed by atoms with Crippen LogP contribution in [0.3, 0.4) is 0 Å². The van der Waals surface area contributed by atoms with Crippen LogP contribution in [-0.4, -0.2) is 27.6 Å². The molecule has 2 rings (SSSR count). The molecular formula is C17H16N4O6. The van der Waals surface area contributed by atoms with Crippen LogP contribution in [-0.2, 0) is 22.7 Å². The Labute approximate surface area is 153 Å². The lowest BCUT2D eigenvalue weighted by molar-refractivity contribution is -0.384. The summed E-state index contributed by atoms with van der Waals surface area (Å²) < 4.78 is 6.09. The van der Waals surface area contributed by atoms with Gasteiger partial charge in [0.05, 0.1) is 23.3 Å². The maximum Gasteiger partial charge on any atom is 0.273 e. The molecule has 1 amide bonds. The van der Waals surface area contributed by atoms with Crippen molar-refractivity contribution in [1.29, 1.82) is 5.26 Å². The van der Waals surface area contributed by atoms with Crippen molar-refractivity contribution in [3.63, 3.8) is 0 Å². The van der Waals surface area contributed by atoms with E-state index in [1.54, 1.807) is 13.0 Å². The van der Waals surface area contributed by atoms with E-state index in [9.17, 15) is 30.1 Å². The normalized spacial score (nSPS) is 10.3. The summed E-state index contributed by atoms with van der Waals surface area (Å²) in [6.07, 6.45) is 0. The highest BCUT2D eigenvalue weighted by Crippen LogP contribution is 2.27. The van der Waals surface area contributed by atoms with Gasteiger partial charge in [0.15, 0.2) is 0 Å². The predicted octanol–water partition coefficient (Wildman–Crippen LogP) is 1.43. The number of carbonyl (C=O) groups excluding carboxylic acids is 1. The number of hydrogen-bond donors (Lipinski definition) is 2. The molecule has 2 aromatic rings. The summed E-state index contributed by atoms with van der Waals surface area (Å²) in [5.74, 6) is -1.12. The Morgan fingerprint density at radius 3 is 2.70 bits per heavy atom. The minimum absolute atomic E-state index is 0.0344. The third-order valence-electron chi connectivity index (χ3n) is 3.77. The van der Waals surface area contributed by atoms with E-state index in [1.165, 1.54) is 13.2 Å². The highest BCUT2D eigenvalue weighted by molar-refractivity contribution is 5.92. The number of nitro groups is 1. The first kappa shape index (κ1) is 19.6. The number of nitrogens with zero attached hydrogens (tertiary/aromatic N) is 3. The molecule has 0 unspecified atom stereocenters. The quantitative estimate of drug-likeness (QED) is 0.443. The first-order valence-corrected chi connectivity index (χ1v) is 7.68. The molecule has 27 heavy (non-hydrogen) atoms. The van der Waals surface area contributed by atoms with Crippen molar-refractivity contribution in [3.8, 4) is 11.8 Å². The number of phenolic OH excluding ortho intramolecular Hbond substituents is 1. The maximum atomic E-state index is 12.5. The van der Waals surface area contributed by atoms with Crippen molar-refractivity contribution < 1.29 is 19.6 Å². The molecule has 2 N–H and O–H groups in total. The fourth-order valence-electron chi connectivity index (χ4n) is 2.49. The van der Waals surface area contributed by atoms with Crippen molar-refractivity contribution >= 4 is 17.3 Å². The van der Waals surface area contributed by atoms with Gasteiger partial charge in [0, 0.05) is 24.4 Å². The van der Waals surface area contributed by atoms with E-state index in [-0.39, 0.29) is 23.5 Å². The number of rotatable bonds is 6. The van der Waals surface area contributed by atoms with Gasteiger partial charge in [-0.15, -0.1) is 0 Å². The van der Waals surface area contributed by atoms with Gasteiger partial charge in [0.25, 0.3) is 11.2 Å². The average Bonchev–Trinajstić information content (AvgIpc) is 2.60. The van der Waals surface area contributed by atoms with Crippen molar-refractivity contribution in [2.45, 2.75) is 20.1 Å². The highest BCUT2D eigenvalue weighted by Gasteiger charge is 2.16. The van der Waals surface area contributed by atoms with E-state index in [0.717, 1.165) is 16.7 Å². The zero-order valence-electron chi connectivity index (χ0n) is 14.6. The third kappa shape index (κ3) is 4.28. The Kier molecular flexibility index (Phi) is 5.89. The zero-order valence-corrected chi connectivity index (χ0v) is 14.6. The van der Waals surface area contributed by atoms with Crippen LogP contribution in [0.15, 0.2) is 29.1 Å². The molecule has 0 atom stereocenters. The number of benzene rings is 1. The van der Waals surface area contributed by atoms with Crippen LogP contribution >= 0.6 is 0 Å². The SMILES string of the molecule is COCc1cc(C)n(CC(=O)Nc2ccc([N+](=O)[O-])cc2O)c(=O)c1C#N. The Hall–Kier alpha value is -3.71. The van der Waals surface area contributed by atoms with Gasteiger partial charge in [-0.2, -0.15) is 5.26 Å². The number of methoxy groups -OCH3 is 1. The number of ether oxygens (including phenoxy) is 1. The molecule has 0 saturated carbocycles. The Bertz CT molecular complexity index is 1010. The smallest absolute Gasteiger partial charge is 0.273 e. The van der Waals surface area contributed by atoms with Gasteiger partial charge in [0.1, 0.15) is 23.9 Å². The fourth-order valence-corrected chi connectivity index (χ4v) is 2.49. The summed E-state index contributed by atoms with van der Waals surface area (Å²) in [6, 6.07) is 6.61. The summed E-state index contributed by atoms with van der Waals surface area (Å²) in [6.45, 7) is 1.30. The molecular weight excluding hydrogens is 356 g/mol. The molecule has 1 aromatic heterocycles. The van der Waals surface area contributed by atoms with Crippen molar-refractivity contribution in [2.75, 3.05) is 12.4 Å². The van der Waals surface area contributed by atoms with Crippen molar-refractivity contribution in [2.24, 2.45) is 0 Å². The molecule has 0 fully saturated rings. The molecule has 0 spiro atoms.